The Kier molecular flexibility index (Phi) is 10.9. The molecule has 0 rings (SSSR count). The van der Waals surface area contributed by atoms with E-state index in [0.29, 0.717) is 25.8 Å². The molecule has 0 atom stereocenters. The number of ether oxygens (including phenoxy) is 1. The molecule has 8 nitrogen and oxygen atoms in total. The van der Waals surface area contributed by atoms with Crippen molar-refractivity contribution < 1.29 is 27.9 Å². The summed E-state index contributed by atoms with van der Waals surface area (Å²) in [5.74, 6) is -0.241. The Labute approximate surface area is 125 Å². The van der Waals surface area contributed by atoms with Gasteiger partial charge in [0.05, 0.1) is 20.3 Å². The number of carbonyl (C=O) groups is 2. The number of rotatable bonds is 11. The molecule has 0 aliphatic heterocycles. The molecule has 0 saturated carbocycles. The molecule has 0 fully saturated rings. The molecule has 0 saturated heterocycles. The molecular formula is C12H25N2O6P. The van der Waals surface area contributed by atoms with Gasteiger partial charge in [0.25, 0.3) is 0 Å². The highest BCUT2D eigenvalue weighted by molar-refractivity contribution is 7.52. The van der Waals surface area contributed by atoms with Crippen LogP contribution >= 0.6 is 7.75 Å². The van der Waals surface area contributed by atoms with Crippen molar-refractivity contribution in [3.8, 4) is 0 Å². The summed E-state index contributed by atoms with van der Waals surface area (Å²) in [7, 11) is -2.23. The highest BCUT2D eigenvalue weighted by atomic mass is 31.2. The molecular weight excluding hydrogens is 299 g/mol. The van der Waals surface area contributed by atoms with Crippen LogP contribution in [0, 0.1) is 0 Å². The maximum atomic E-state index is 12.0. The lowest BCUT2D eigenvalue weighted by molar-refractivity contribution is -0.140. The number of esters is 1. The SMILES string of the molecule is CCOP(=O)(NC(=O)NCCCCCC(=O)OC)OCC. The highest BCUT2D eigenvalue weighted by Crippen LogP contribution is 2.42. The van der Waals surface area contributed by atoms with Gasteiger partial charge in [-0.05, 0) is 26.7 Å². The fraction of sp³-hybridized carbons (Fsp3) is 0.833. The Bertz CT molecular complexity index is 354. The molecule has 0 unspecified atom stereocenters. The van der Waals surface area contributed by atoms with Crippen molar-refractivity contribution in [1.29, 1.82) is 0 Å². The van der Waals surface area contributed by atoms with Gasteiger partial charge in [-0.25, -0.2) is 14.4 Å². The maximum Gasteiger partial charge on any atom is 0.436 e. The van der Waals surface area contributed by atoms with Crippen LogP contribution in [0.25, 0.3) is 0 Å². The molecule has 0 heterocycles. The molecule has 0 aromatic heterocycles. The minimum atomic E-state index is -3.58. The molecule has 0 bridgehead atoms. The van der Waals surface area contributed by atoms with Crippen LogP contribution in [0.5, 0.6) is 0 Å². The summed E-state index contributed by atoms with van der Waals surface area (Å²) in [5, 5.41) is 4.76. The Morgan fingerprint density at radius 2 is 1.67 bits per heavy atom. The van der Waals surface area contributed by atoms with E-state index in [0.717, 1.165) is 6.42 Å². The van der Waals surface area contributed by atoms with Gasteiger partial charge in [0.2, 0.25) is 0 Å². The summed E-state index contributed by atoms with van der Waals surface area (Å²) in [6.45, 7) is 4.07. The van der Waals surface area contributed by atoms with Gasteiger partial charge in [0.1, 0.15) is 0 Å². The number of unbranched alkanes of at least 4 members (excludes halogenated alkanes) is 2. The van der Waals surface area contributed by atoms with E-state index >= 15 is 0 Å². The Morgan fingerprint density at radius 3 is 2.19 bits per heavy atom. The smallest absolute Gasteiger partial charge is 0.436 e. The topological polar surface area (TPSA) is 103 Å². The van der Waals surface area contributed by atoms with Gasteiger partial charge < -0.3 is 10.1 Å². The quantitative estimate of drug-likeness (QED) is 0.343. The van der Waals surface area contributed by atoms with Crippen LogP contribution in [0.3, 0.4) is 0 Å². The minimum absolute atomic E-state index is 0.172. The van der Waals surface area contributed by atoms with Gasteiger partial charge in [-0.3, -0.25) is 13.8 Å². The molecule has 0 radical (unpaired) electrons. The fourth-order valence-corrected chi connectivity index (χ4v) is 2.69. The number of amides is 2. The first-order valence-corrected chi connectivity index (χ1v) is 8.53. The van der Waals surface area contributed by atoms with E-state index in [1.807, 2.05) is 0 Å². The van der Waals surface area contributed by atoms with Gasteiger partial charge in [-0.1, -0.05) is 6.42 Å². The van der Waals surface area contributed by atoms with Crippen LogP contribution in [0.1, 0.15) is 39.5 Å². The number of carbonyl (C=O) groups excluding carboxylic acids is 2. The normalized spacial score (nSPS) is 11.0. The van der Waals surface area contributed by atoms with Crippen molar-refractivity contribution in [1.82, 2.24) is 10.4 Å². The summed E-state index contributed by atoms with van der Waals surface area (Å²) < 4.78 is 26.4. The zero-order valence-corrected chi connectivity index (χ0v) is 13.7. The molecule has 9 heteroatoms. The zero-order chi connectivity index (χ0) is 16.1. The lowest BCUT2D eigenvalue weighted by Crippen LogP contribution is -2.35. The van der Waals surface area contributed by atoms with Crippen LogP contribution in [0.4, 0.5) is 4.79 Å². The first-order chi connectivity index (χ1) is 9.97. The van der Waals surface area contributed by atoms with E-state index in [9.17, 15) is 14.2 Å². The molecule has 0 spiro atoms. The second-order valence-electron chi connectivity index (χ2n) is 4.09. The Balaban J connectivity index is 3.83. The third kappa shape index (κ3) is 10.3. The van der Waals surface area contributed by atoms with Crippen LogP contribution in [0.2, 0.25) is 0 Å². The molecule has 2 N–H and O–H groups in total. The first kappa shape index (κ1) is 19.9. The molecule has 0 aliphatic carbocycles. The predicted molar refractivity (Wildman–Crippen MR) is 77.9 cm³/mol. The zero-order valence-electron chi connectivity index (χ0n) is 12.8. The van der Waals surface area contributed by atoms with Gasteiger partial charge in [0.15, 0.2) is 0 Å². The van der Waals surface area contributed by atoms with Gasteiger partial charge >= 0.3 is 19.7 Å². The van der Waals surface area contributed by atoms with Crippen molar-refractivity contribution in [2.75, 3.05) is 26.9 Å². The first-order valence-electron chi connectivity index (χ1n) is 6.99. The van der Waals surface area contributed by atoms with E-state index in [4.69, 9.17) is 9.05 Å². The summed E-state index contributed by atoms with van der Waals surface area (Å²) >= 11 is 0. The monoisotopic (exact) mass is 324 g/mol. The molecule has 0 aromatic rings. The van der Waals surface area contributed by atoms with Crippen molar-refractivity contribution in [3.63, 3.8) is 0 Å². The summed E-state index contributed by atoms with van der Waals surface area (Å²) in [6.07, 6.45) is 2.56. The van der Waals surface area contributed by atoms with Gasteiger partial charge in [0, 0.05) is 13.0 Å². The summed E-state index contributed by atoms with van der Waals surface area (Å²) in [5.41, 5.74) is 0. The van der Waals surface area contributed by atoms with Crippen molar-refractivity contribution in [2.24, 2.45) is 0 Å². The Hall–Kier alpha value is -1.11. The van der Waals surface area contributed by atoms with Crippen LogP contribution in [-0.4, -0.2) is 38.9 Å². The average Bonchev–Trinajstić information content (AvgIpc) is 2.42. The van der Waals surface area contributed by atoms with E-state index in [1.54, 1.807) is 13.8 Å². The van der Waals surface area contributed by atoms with E-state index < -0.39 is 13.8 Å². The molecule has 0 aliphatic rings. The minimum Gasteiger partial charge on any atom is -0.469 e. The van der Waals surface area contributed by atoms with Crippen LogP contribution < -0.4 is 10.4 Å². The number of hydrogen-bond donors (Lipinski definition) is 2. The molecule has 2 amide bonds. The number of hydrogen-bond acceptors (Lipinski definition) is 6. The van der Waals surface area contributed by atoms with Crippen LogP contribution in [0.15, 0.2) is 0 Å². The van der Waals surface area contributed by atoms with Gasteiger partial charge in [-0.2, -0.15) is 0 Å². The second-order valence-corrected chi connectivity index (χ2v) is 5.82. The molecule has 0 aromatic carbocycles. The van der Waals surface area contributed by atoms with Crippen molar-refractivity contribution >= 4 is 19.7 Å². The maximum absolute atomic E-state index is 12.0. The summed E-state index contributed by atoms with van der Waals surface area (Å²) in [6, 6.07) is -0.604. The van der Waals surface area contributed by atoms with E-state index in [1.165, 1.54) is 7.11 Å². The van der Waals surface area contributed by atoms with Gasteiger partial charge in [-0.15, -0.1) is 0 Å². The number of methoxy groups -OCH3 is 1. The van der Waals surface area contributed by atoms with Crippen molar-refractivity contribution in [3.05, 3.63) is 0 Å². The van der Waals surface area contributed by atoms with E-state index in [-0.39, 0.29) is 19.2 Å². The van der Waals surface area contributed by atoms with E-state index in [2.05, 4.69) is 15.1 Å². The highest BCUT2D eigenvalue weighted by Gasteiger charge is 2.26. The standard InChI is InChI=1S/C12H25N2O6P/c1-4-19-21(17,20-5-2)14-12(16)13-10-8-6-7-9-11(15)18-3/h4-10H2,1-3H3,(H2,13,14,16,17). The lowest BCUT2D eigenvalue weighted by Gasteiger charge is -2.17. The number of urea groups is 1. The molecule has 124 valence electrons. The third-order valence-electron chi connectivity index (χ3n) is 2.41. The Morgan fingerprint density at radius 1 is 1.05 bits per heavy atom. The van der Waals surface area contributed by atoms with Crippen molar-refractivity contribution in [2.45, 2.75) is 39.5 Å². The predicted octanol–water partition coefficient (Wildman–Crippen LogP) is 2.20. The number of nitrogens with one attached hydrogen (secondary N) is 2. The van der Waals surface area contributed by atoms with Crippen LogP contribution in [-0.2, 0) is 23.1 Å². The molecule has 21 heavy (non-hydrogen) atoms. The average molecular weight is 324 g/mol. The largest absolute Gasteiger partial charge is 0.469 e. The fourth-order valence-electron chi connectivity index (χ4n) is 1.48. The summed E-state index contributed by atoms with van der Waals surface area (Å²) in [4.78, 5) is 22.4. The third-order valence-corrected chi connectivity index (χ3v) is 4.08. The second kappa shape index (κ2) is 11.5. The lowest BCUT2D eigenvalue weighted by atomic mass is 10.2.